The summed E-state index contributed by atoms with van der Waals surface area (Å²) in [6.07, 6.45) is -1.99. The fourth-order valence-corrected chi connectivity index (χ4v) is 3.11. The smallest absolute Gasteiger partial charge is 0.422 e. The van der Waals surface area contributed by atoms with Crippen LogP contribution < -0.4 is 15.4 Å². The van der Waals surface area contributed by atoms with Gasteiger partial charge in [0.15, 0.2) is 12.6 Å². The Balaban J connectivity index is 1.86. The maximum absolute atomic E-state index is 12.4. The van der Waals surface area contributed by atoms with E-state index in [0.29, 0.717) is 24.1 Å². The van der Waals surface area contributed by atoms with Crippen LogP contribution in [0.15, 0.2) is 29.3 Å². The van der Waals surface area contributed by atoms with Crippen molar-refractivity contribution < 1.29 is 17.9 Å². The summed E-state index contributed by atoms with van der Waals surface area (Å²) in [6.45, 7) is 4.13. The first-order valence-electron chi connectivity index (χ1n) is 8.89. The predicted octanol–water partition coefficient (Wildman–Crippen LogP) is 2.78. The van der Waals surface area contributed by atoms with Crippen LogP contribution in [0.3, 0.4) is 0 Å². The summed E-state index contributed by atoms with van der Waals surface area (Å²) in [5.74, 6) is 0.847. The first kappa shape index (κ1) is 20.4. The molecule has 0 amide bonds. The van der Waals surface area contributed by atoms with Crippen molar-refractivity contribution in [1.29, 1.82) is 0 Å². The van der Waals surface area contributed by atoms with Crippen molar-refractivity contribution in [2.45, 2.75) is 38.5 Å². The third-order valence-corrected chi connectivity index (χ3v) is 4.44. The van der Waals surface area contributed by atoms with Crippen molar-refractivity contribution in [1.82, 2.24) is 15.5 Å². The van der Waals surface area contributed by atoms with Gasteiger partial charge >= 0.3 is 6.18 Å². The maximum atomic E-state index is 12.4. The van der Waals surface area contributed by atoms with Crippen molar-refractivity contribution in [3.8, 4) is 5.75 Å². The number of para-hydroxylation sites is 1. The van der Waals surface area contributed by atoms with Crippen molar-refractivity contribution in [3.05, 3.63) is 29.8 Å². The summed E-state index contributed by atoms with van der Waals surface area (Å²) in [7, 11) is 1.67. The van der Waals surface area contributed by atoms with E-state index in [1.807, 2.05) is 0 Å². The van der Waals surface area contributed by atoms with Gasteiger partial charge in [-0.1, -0.05) is 25.1 Å². The van der Waals surface area contributed by atoms with Crippen molar-refractivity contribution in [2.24, 2.45) is 4.99 Å². The second-order valence-corrected chi connectivity index (χ2v) is 6.24. The van der Waals surface area contributed by atoms with Gasteiger partial charge in [-0.2, -0.15) is 13.2 Å². The number of ether oxygens (including phenoxy) is 1. The van der Waals surface area contributed by atoms with E-state index in [0.717, 1.165) is 26.1 Å². The summed E-state index contributed by atoms with van der Waals surface area (Å²) < 4.78 is 42.0. The Kier molecular flexibility index (Phi) is 7.56. The van der Waals surface area contributed by atoms with Crippen LogP contribution in [-0.2, 0) is 6.54 Å². The highest BCUT2D eigenvalue weighted by Crippen LogP contribution is 2.22. The summed E-state index contributed by atoms with van der Waals surface area (Å²) >= 11 is 0. The molecule has 8 heteroatoms. The molecule has 1 fully saturated rings. The van der Waals surface area contributed by atoms with E-state index in [2.05, 4.69) is 27.4 Å². The summed E-state index contributed by atoms with van der Waals surface area (Å²) in [5.41, 5.74) is 0.649. The number of nitrogens with zero attached hydrogens (tertiary/aromatic N) is 2. The summed E-state index contributed by atoms with van der Waals surface area (Å²) in [4.78, 5) is 6.62. The van der Waals surface area contributed by atoms with Crippen LogP contribution in [0, 0.1) is 0 Å². The Morgan fingerprint density at radius 1 is 1.31 bits per heavy atom. The third-order valence-electron chi connectivity index (χ3n) is 4.44. The van der Waals surface area contributed by atoms with Gasteiger partial charge in [0.25, 0.3) is 0 Å². The number of nitrogens with one attached hydrogen (secondary N) is 2. The third kappa shape index (κ3) is 6.40. The molecule has 1 saturated heterocycles. The number of guanidine groups is 1. The molecule has 1 atom stereocenters. The Hall–Kier alpha value is -1.96. The Bertz CT molecular complexity index is 592. The number of hydrogen-bond acceptors (Lipinski definition) is 3. The van der Waals surface area contributed by atoms with Crippen molar-refractivity contribution in [3.63, 3.8) is 0 Å². The maximum Gasteiger partial charge on any atom is 0.422 e. The zero-order valence-corrected chi connectivity index (χ0v) is 15.3. The van der Waals surface area contributed by atoms with E-state index in [-0.39, 0.29) is 5.75 Å². The standard InChI is InChI=1S/C18H27F3N4O/c1-3-25-10-6-8-15(25)12-24-17(22-2)23-11-14-7-4-5-9-16(14)26-13-18(19,20)21/h4-5,7,9,15H,3,6,8,10-13H2,1-2H3,(H2,22,23,24). The number of halogens is 3. The molecule has 2 rings (SSSR count). The lowest BCUT2D eigenvalue weighted by atomic mass is 10.2. The number of likely N-dealkylation sites (N-methyl/N-ethyl adjacent to an activating group) is 1. The summed E-state index contributed by atoms with van der Waals surface area (Å²) in [6, 6.07) is 7.19. The zero-order valence-electron chi connectivity index (χ0n) is 15.3. The van der Waals surface area contributed by atoms with Gasteiger partial charge in [0.1, 0.15) is 5.75 Å². The van der Waals surface area contributed by atoms with Crippen LogP contribution in [0.4, 0.5) is 13.2 Å². The molecule has 1 aliphatic rings. The van der Waals surface area contributed by atoms with Crippen LogP contribution in [-0.4, -0.2) is 56.4 Å². The minimum atomic E-state index is -4.36. The number of aliphatic imine (C=N–C) groups is 1. The van der Waals surface area contributed by atoms with Gasteiger partial charge in [-0.15, -0.1) is 0 Å². The monoisotopic (exact) mass is 372 g/mol. The largest absolute Gasteiger partial charge is 0.484 e. The highest BCUT2D eigenvalue weighted by atomic mass is 19.4. The lowest BCUT2D eigenvalue weighted by molar-refractivity contribution is -0.153. The minimum Gasteiger partial charge on any atom is -0.484 e. The number of alkyl halides is 3. The molecule has 26 heavy (non-hydrogen) atoms. The quantitative estimate of drug-likeness (QED) is 0.571. The first-order chi connectivity index (χ1) is 12.4. The number of likely N-dealkylation sites (tertiary alicyclic amines) is 1. The first-order valence-corrected chi connectivity index (χ1v) is 8.89. The highest BCUT2D eigenvalue weighted by molar-refractivity contribution is 5.79. The molecule has 1 heterocycles. The Morgan fingerprint density at radius 2 is 2.08 bits per heavy atom. The van der Waals surface area contributed by atoms with Crippen LogP contribution in [0.2, 0.25) is 0 Å². The second kappa shape index (κ2) is 9.66. The van der Waals surface area contributed by atoms with E-state index >= 15 is 0 Å². The normalized spacial score (nSPS) is 18.8. The molecule has 1 unspecified atom stereocenters. The van der Waals surface area contributed by atoms with E-state index in [9.17, 15) is 13.2 Å². The number of rotatable bonds is 7. The topological polar surface area (TPSA) is 48.9 Å². The average Bonchev–Trinajstić information content (AvgIpc) is 3.07. The molecule has 0 aromatic heterocycles. The van der Waals surface area contributed by atoms with Gasteiger partial charge in [-0.3, -0.25) is 9.89 Å². The van der Waals surface area contributed by atoms with Crippen molar-refractivity contribution in [2.75, 3.05) is 33.3 Å². The molecule has 1 aromatic rings. The van der Waals surface area contributed by atoms with Gasteiger partial charge in [0, 0.05) is 31.7 Å². The van der Waals surface area contributed by atoms with E-state index in [1.54, 1.807) is 25.2 Å². The molecule has 0 bridgehead atoms. The minimum absolute atomic E-state index is 0.223. The number of hydrogen-bond donors (Lipinski definition) is 2. The molecule has 1 aliphatic heterocycles. The van der Waals surface area contributed by atoms with Crippen molar-refractivity contribution >= 4 is 5.96 Å². The average molecular weight is 372 g/mol. The van der Waals surface area contributed by atoms with Crippen LogP contribution in [0.25, 0.3) is 0 Å². The van der Waals surface area contributed by atoms with Crippen LogP contribution >= 0.6 is 0 Å². The van der Waals surface area contributed by atoms with Gasteiger partial charge in [0.2, 0.25) is 0 Å². The summed E-state index contributed by atoms with van der Waals surface area (Å²) in [5, 5.41) is 6.44. The molecule has 2 N–H and O–H groups in total. The lowest BCUT2D eigenvalue weighted by Crippen LogP contribution is -2.44. The van der Waals surface area contributed by atoms with Gasteiger partial charge in [-0.25, -0.2) is 0 Å². The molecule has 5 nitrogen and oxygen atoms in total. The molecule has 0 radical (unpaired) electrons. The molecule has 0 spiro atoms. The van der Waals surface area contributed by atoms with E-state index < -0.39 is 12.8 Å². The zero-order chi connectivity index (χ0) is 19.0. The predicted molar refractivity (Wildman–Crippen MR) is 96.5 cm³/mol. The molecular weight excluding hydrogens is 345 g/mol. The van der Waals surface area contributed by atoms with Gasteiger partial charge < -0.3 is 15.4 Å². The molecule has 146 valence electrons. The highest BCUT2D eigenvalue weighted by Gasteiger charge is 2.28. The van der Waals surface area contributed by atoms with E-state index in [4.69, 9.17) is 4.74 Å². The fourth-order valence-electron chi connectivity index (χ4n) is 3.11. The van der Waals surface area contributed by atoms with E-state index in [1.165, 1.54) is 12.5 Å². The van der Waals surface area contributed by atoms with Crippen LogP contribution in [0.5, 0.6) is 5.75 Å². The van der Waals surface area contributed by atoms with Gasteiger partial charge in [-0.05, 0) is 32.0 Å². The van der Waals surface area contributed by atoms with Gasteiger partial charge in [0.05, 0.1) is 0 Å². The number of benzene rings is 1. The lowest BCUT2D eigenvalue weighted by Gasteiger charge is -2.24. The van der Waals surface area contributed by atoms with Crippen LogP contribution in [0.1, 0.15) is 25.3 Å². The Morgan fingerprint density at radius 3 is 2.77 bits per heavy atom. The molecule has 0 saturated carbocycles. The SMILES string of the molecule is CCN1CCCC1CNC(=NC)NCc1ccccc1OCC(F)(F)F. The molecular formula is C18H27F3N4O. The molecule has 1 aromatic carbocycles. The Labute approximate surface area is 152 Å². The molecule has 0 aliphatic carbocycles. The fraction of sp³-hybridized carbons (Fsp3) is 0.611. The second-order valence-electron chi connectivity index (χ2n) is 6.24.